The average Bonchev–Trinajstić information content (AvgIpc) is 2.76. The fourth-order valence-corrected chi connectivity index (χ4v) is 2.22. The summed E-state index contributed by atoms with van der Waals surface area (Å²) in [6.07, 6.45) is -1.58. The van der Waals surface area contributed by atoms with Crippen molar-refractivity contribution in [1.29, 1.82) is 0 Å². The molecule has 1 heterocycles. The Labute approximate surface area is 115 Å². The van der Waals surface area contributed by atoms with Gasteiger partial charge in [-0.05, 0) is 31.0 Å². The predicted octanol–water partition coefficient (Wildman–Crippen LogP) is 3.00. The molecule has 3 nitrogen and oxygen atoms in total. The van der Waals surface area contributed by atoms with E-state index in [1.807, 2.05) is 0 Å². The molecule has 1 aromatic heterocycles. The summed E-state index contributed by atoms with van der Waals surface area (Å²) in [7, 11) is 1.73. The van der Waals surface area contributed by atoms with Crippen LogP contribution in [0.3, 0.4) is 0 Å². The highest BCUT2D eigenvalue weighted by molar-refractivity contribution is 5.69. The number of aromatic nitrogens is 2. The van der Waals surface area contributed by atoms with Crippen LogP contribution in [0.2, 0.25) is 0 Å². The molecule has 6 heteroatoms. The van der Waals surface area contributed by atoms with E-state index >= 15 is 0 Å². The van der Waals surface area contributed by atoms with Crippen LogP contribution < -0.4 is 5.73 Å². The first kappa shape index (κ1) is 14.6. The van der Waals surface area contributed by atoms with E-state index in [-0.39, 0.29) is 5.56 Å². The van der Waals surface area contributed by atoms with E-state index in [0.29, 0.717) is 24.9 Å². The van der Waals surface area contributed by atoms with Gasteiger partial charge in [-0.2, -0.15) is 18.3 Å². The zero-order valence-electron chi connectivity index (χ0n) is 11.1. The Kier molecular flexibility index (Phi) is 4.13. The lowest BCUT2D eigenvalue weighted by Gasteiger charge is -2.13. The van der Waals surface area contributed by atoms with E-state index < -0.39 is 11.7 Å². The SMILES string of the molecule is Cn1ncc(-c2ccccc2C(F)(F)F)c1CCCN. The van der Waals surface area contributed by atoms with E-state index in [4.69, 9.17) is 5.73 Å². The first-order valence-electron chi connectivity index (χ1n) is 6.32. The summed E-state index contributed by atoms with van der Waals surface area (Å²) in [5.74, 6) is 0. The van der Waals surface area contributed by atoms with E-state index in [9.17, 15) is 13.2 Å². The maximum absolute atomic E-state index is 13.1. The fraction of sp³-hybridized carbons (Fsp3) is 0.357. The molecular formula is C14H16F3N3. The summed E-state index contributed by atoms with van der Waals surface area (Å²) >= 11 is 0. The molecule has 0 fully saturated rings. The zero-order chi connectivity index (χ0) is 14.8. The molecule has 108 valence electrons. The fourth-order valence-electron chi connectivity index (χ4n) is 2.22. The molecule has 2 N–H and O–H groups in total. The quantitative estimate of drug-likeness (QED) is 0.937. The van der Waals surface area contributed by atoms with Gasteiger partial charge in [-0.1, -0.05) is 18.2 Å². The highest BCUT2D eigenvalue weighted by atomic mass is 19.4. The van der Waals surface area contributed by atoms with E-state index in [1.165, 1.54) is 18.3 Å². The van der Waals surface area contributed by atoms with Crippen LogP contribution in [0.25, 0.3) is 11.1 Å². The van der Waals surface area contributed by atoms with Crippen molar-refractivity contribution in [2.24, 2.45) is 12.8 Å². The average molecular weight is 283 g/mol. The van der Waals surface area contributed by atoms with E-state index in [0.717, 1.165) is 11.8 Å². The minimum Gasteiger partial charge on any atom is -0.330 e. The number of halogens is 3. The maximum Gasteiger partial charge on any atom is 0.417 e. The van der Waals surface area contributed by atoms with Gasteiger partial charge in [-0.15, -0.1) is 0 Å². The second-order valence-corrected chi connectivity index (χ2v) is 4.56. The Morgan fingerprint density at radius 2 is 1.90 bits per heavy atom. The molecule has 0 unspecified atom stereocenters. The first-order chi connectivity index (χ1) is 9.45. The van der Waals surface area contributed by atoms with Crippen LogP contribution in [0.1, 0.15) is 17.7 Å². The molecule has 2 aromatic rings. The van der Waals surface area contributed by atoms with Gasteiger partial charge in [0.25, 0.3) is 0 Å². The third-order valence-electron chi connectivity index (χ3n) is 3.20. The second-order valence-electron chi connectivity index (χ2n) is 4.56. The zero-order valence-corrected chi connectivity index (χ0v) is 11.1. The Balaban J connectivity index is 2.52. The molecule has 20 heavy (non-hydrogen) atoms. The number of benzene rings is 1. The summed E-state index contributed by atoms with van der Waals surface area (Å²) in [5, 5.41) is 4.08. The van der Waals surface area contributed by atoms with Crippen LogP contribution in [0.4, 0.5) is 13.2 Å². The lowest BCUT2D eigenvalue weighted by molar-refractivity contribution is -0.137. The third-order valence-corrected chi connectivity index (χ3v) is 3.20. The van der Waals surface area contributed by atoms with Gasteiger partial charge in [-0.3, -0.25) is 4.68 Å². The summed E-state index contributed by atoms with van der Waals surface area (Å²) in [5.41, 5.74) is 6.30. The molecule has 0 aliphatic heterocycles. The smallest absolute Gasteiger partial charge is 0.330 e. The molecule has 0 atom stereocenters. The first-order valence-corrected chi connectivity index (χ1v) is 6.32. The number of hydrogen-bond donors (Lipinski definition) is 1. The van der Waals surface area contributed by atoms with Crippen molar-refractivity contribution in [3.63, 3.8) is 0 Å². The summed E-state index contributed by atoms with van der Waals surface area (Å²) < 4.78 is 40.8. The molecule has 2 rings (SSSR count). The molecule has 0 saturated heterocycles. The summed E-state index contributed by atoms with van der Waals surface area (Å²) in [4.78, 5) is 0. The van der Waals surface area contributed by atoms with Gasteiger partial charge in [0.05, 0.1) is 11.8 Å². The van der Waals surface area contributed by atoms with Crippen molar-refractivity contribution in [2.45, 2.75) is 19.0 Å². The standard InChI is InChI=1S/C14H16F3N3/c1-20-13(7-4-8-18)11(9-19-20)10-5-2-3-6-12(10)14(15,16)17/h2-3,5-6,9H,4,7-8,18H2,1H3. The lowest BCUT2D eigenvalue weighted by Crippen LogP contribution is -2.08. The van der Waals surface area contributed by atoms with Crippen molar-refractivity contribution in [1.82, 2.24) is 9.78 Å². The molecule has 0 aliphatic carbocycles. The molecular weight excluding hydrogens is 267 g/mol. The second kappa shape index (κ2) is 5.66. The highest BCUT2D eigenvalue weighted by Crippen LogP contribution is 2.38. The van der Waals surface area contributed by atoms with Gasteiger partial charge in [0.15, 0.2) is 0 Å². The van der Waals surface area contributed by atoms with Gasteiger partial charge >= 0.3 is 6.18 Å². The number of hydrogen-bond acceptors (Lipinski definition) is 2. The largest absolute Gasteiger partial charge is 0.417 e. The van der Waals surface area contributed by atoms with Gasteiger partial charge in [-0.25, -0.2) is 0 Å². The number of aryl methyl sites for hydroxylation is 1. The van der Waals surface area contributed by atoms with E-state index in [2.05, 4.69) is 5.10 Å². The minimum atomic E-state index is -4.38. The monoisotopic (exact) mass is 283 g/mol. The van der Waals surface area contributed by atoms with Crippen molar-refractivity contribution in [2.75, 3.05) is 6.54 Å². The molecule has 0 amide bonds. The Hall–Kier alpha value is -1.82. The topological polar surface area (TPSA) is 43.8 Å². The van der Waals surface area contributed by atoms with Gasteiger partial charge in [0.1, 0.15) is 0 Å². The highest BCUT2D eigenvalue weighted by Gasteiger charge is 2.34. The van der Waals surface area contributed by atoms with Crippen molar-refractivity contribution in [3.05, 3.63) is 41.7 Å². The Morgan fingerprint density at radius 1 is 1.20 bits per heavy atom. The molecule has 0 spiro atoms. The third kappa shape index (κ3) is 2.85. The lowest BCUT2D eigenvalue weighted by atomic mass is 9.98. The van der Waals surface area contributed by atoms with Crippen LogP contribution >= 0.6 is 0 Å². The molecule has 0 radical (unpaired) electrons. The van der Waals surface area contributed by atoms with Crippen LogP contribution in [0, 0.1) is 0 Å². The molecule has 0 aliphatic rings. The molecule has 1 aromatic carbocycles. The minimum absolute atomic E-state index is 0.167. The van der Waals surface area contributed by atoms with Gasteiger partial charge < -0.3 is 5.73 Å². The van der Waals surface area contributed by atoms with Gasteiger partial charge in [0.2, 0.25) is 0 Å². The number of nitrogens with two attached hydrogens (primary N) is 1. The van der Waals surface area contributed by atoms with E-state index in [1.54, 1.807) is 17.8 Å². The van der Waals surface area contributed by atoms with Crippen LogP contribution in [-0.2, 0) is 19.6 Å². The van der Waals surface area contributed by atoms with Crippen LogP contribution in [0.5, 0.6) is 0 Å². The summed E-state index contributed by atoms with van der Waals surface area (Å²) in [6, 6.07) is 5.56. The maximum atomic E-state index is 13.1. The number of rotatable bonds is 4. The van der Waals surface area contributed by atoms with Crippen molar-refractivity contribution >= 4 is 0 Å². The molecule has 0 bridgehead atoms. The van der Waals surface area contributed by atoms with Crippen LogP contribution in [-0.4, -0.2) is 16.3 Å². The predicted molar refractivity (Wildman–Crippen MR) is 71.0 cm³/mol. The Morgan fingerprint density at radius 3 is 2.55 bits per heavy atom. The van der Waals surface area contributed by atoms with Gasteiger partial charge in [0, 0.05) is 18.3 Å². The van der Waals surface area contributed by atoms with Crippen molar-refractivity contribution < 1.29 is 13.2 Å². The molecule has 0 saturated carbocycles. The van der Waals surface area contributed by atoms with Crippen molar-refractivity contribution in [3.8, 4) is 11.1 Å². The Bertz CT molecular complexity index is 588. The van der Waals surface area contributed by atoms with Crippen LogP contribution in [0.15, 0.2) is 30.5 Å². The normalized spacial score (nSPS) is 11.8. The summed E-state index contributed by atoms with van der Waals surface area (Å²) in [6.45, 7) is 0.492. The number of alkyl halides is 3. The number of nitrogens with zero attached hydrogens (tertiary/aromatic N) is 2.